The molecular formula is C16H15N3. The Morgan fingerprint density at radius 2 is 1.05 bits per heavy atom. The maximum absolute atomic E-state index is 6.29. The van der Waals surface area contributed by atoms with Gasteiger partial charge in [0.1, 0.15) is 0 Å². The van der Waals surface area contributed by atoms with Gasteiger partial charge in [-0.15, -0.1) is 0 Å². The third kappa shape index (κ3) is 1.67. The molecule has 0 bridgehead atoms. The molecular weight excluding hydrogens is 234 g/mol. The molecule has 0 amide bonds. The molecule has 3 nitrogen and oxygen atoms in total. The number of nitrogens with two attached hydrogens (primary N) is 3. The van der Waals surface area contributed by atoms with Crippen molar-refractivity contribution in [2.24, 2.45) is 0 Å². The highest BCUT2D eigenvalue weighted by atomic mass is 14.7. The fourth-order valence-corrected chi connectivity index (χ4v) is 2.43. The van der Waals surface area contributed by atoms with Crippen LogP contribution in [-0.4, -0.2) is 0 Å². The zero-order valence-electron chi connectivity index (χ0n) is 10.4. The Labute approximate surface area is 111 Å². The van der Waals surface area contributed by atoms with Crippen molar-refractivity contribution in [2.45, 2.75) is 0 Å². The second-order valence-corrected chi connectivity index (χ2v) is 4.53. The van der Waals surface area contributed by atoms with Crippen molar-refractivity contribution in [3.8, 4) is 11.1 Å². The fourth-order valence-electron chi connectivity index (χ4n) is 2.43. The number of benzene rings is 3. The number of hydrogen-bond donors (Lipinski definition) is 3. The molecule has 0 aliphatic carbocycles. The third-order valence-electron chi connectivity index (χ3n) is 3.40. The largest absolute Gasteiger partial charge is 0.398 e. The summed E-state index contributed by atoms with van der Waals surface area (Å²) in [6.07, 6.45) is 0. The van der Waals surface area contributed by atoms with E-state index in [4.69, 9.17) is 17.2 Å². The summed E-state index contributed by atoms with van der Waals surface area (Å²) >= 11 is 0. The number of anilines is 3. The lowest BCUT2D eigenvalue weighted by atomic mass is 9.95. The van der Waals surface area contributed by atoms with Crippen molar-refractivity contribution in [1.82, 2.24) is 0 Å². The molecule has 0 fully saturated rings. The molecule has 0 heterocycles. The molecule has 0 saturated heterocycles. The second-order valence-electron chi connectivity index (χ2n) is 4.53. The molecule has 19 heavy (non-hydrogen) atoms. The average Bonchev–Trinajstić information content (AvgIpc) is 2.46. The Kier molecular flexibility index (Phi) is 2.53. The van der Waals surface area contributed by atoms with Crippen LogP contribution in [0.15, 0.2) is 54.6 Å². The molecule has 6 N–H and O–H groups in total. The lowest BCUT2D eigenvalue weighted by Gasteiger charge is -2.15. The van der Waals surface area contributed by atoms with Gasteiger partial charge in [-0.3, -0.25) is 0 Å². The van der Waals surface area contributed by atoms with E-state index < -0.39 is 0 Å². The Bertz CT molecular complexity index is 749. The van der Waals surface area contributed by atoms with Gasteiger partial charge in [-0.1, -0.05) is 54.6 Å². The summed E-state index contributed by atoms with van der Waals surface area (Å²) in [5, 5.41) is 1.84. The molecule has 3 aromatic carbocycles. The van der Waals surface area contributed by atoms with Crippen LogP contribution in [0.4, 0.5) is 17.1 Å². The SMILES string of the molecule is Nc1c(-c2ccccc2)c(N)c2ccccc2c1N. The van der Waals surface area contributed by atoms with Gasteiger partial charge in [0.05, 0.1) is 11.4 Å². The molecule has 0 saturated carbocycles. The smallest absolute Gasteiger partial charge is 0.0655 e. The van der Waals surface area contributed by atoms with Gasteiger partial charge in [-0.05, 0) is 5.56 Å². The first kappa shape index (κ1) is 11.4. The summed E-state index contributed by atoms with van der Waals surface area (Å²) in [4.78, 5) is 0. The quantitative estimate of drug-likeness (QED) is 0.579. The Balaban J connectivity index is 2.44. The monoisotopic (exact) mass is 249 g/mol. The summed E-state index contributed by atoms with van der Waals surface area (Å²) < 4.78 is 0. The Morgan fingerprint density at radius 1 is 0.526 bits per heavy atom. The average molecular weight is 249 g/mol. The summed E-state index contributed by atoms with van der Waals surface area (Å²) in [6, 6.07) is 17.6. The second kappa shape index (κ2) is 4.21. The van der Waals surface area contributed by atoms with Crippen molar-refractivity contribution in [1.29, 1.82) is 0 Å². The van der Waals surface area contributed by atoms with Gasteiger partial charge in [-0.2, -0.15) is 0 Å². The predicted molar refractivity (Wildman–Crippen MR) is 82.6 cm³/mol. The molecule has 3 rings (SSSR count). The number of rotatable bonds is 1. The van der Waals surface area contributed by atoms with Gasteiger partial charge in [0.15, 0.2) is 0 Å². The minimum atomic E-state index is 0.544. The van der Waals surface area contributed by atoms with Crippen LogP contribution in [0.1, 0.15) is 0 Å². The van der Waals surface area contributed by atoms with Gasteiger partial charge in [0.2, 0.25) is 0 Å². The Morgan fingerprint density at radius 3 is 1.68 bits per heavy atom. The molecule has 0 atom stereocenters. The lowest BCUT2D eigenvalue weighted by molar-refractivity contribution is 1.62. The maximum atomic E-state index is 6.29. The van der Waals surface area contributed by atoms with Gasteiger partial charge in [0.25, 0.3) is 0 Å². The van der Waals surface area contributed by atoms with E-state index >= 15 is 0 Å². The van der Waals surface area contributed by atoms with E-state index in [1.807, 2.05) is 54.6 Å². The maximum Gasteiger partial charge on any atom is 0.0655 e. The molecule has 3 aromatic rings. The molecule has 3 heteroatoms. The molecule has 0 aliphatic rings. The van der Waals surface area contributed by atoms with Crippen molar-refractivity contribution >= 4 is 27.8 Å². The van der Waals surface area contributed by atoms with Crippen LogP contribution in [0.5, 0.6) is 0 Å². The first-order valence-corrected chi connectivity index (χ1v) is 6.10. The van der Waals surface area contributed by atoms with Crippen molar-refractivity contribution in [2.75, 3.05) is 17.2 Å². The minimum absolute atomic E-state index is 0.544. The topological polar surface area (TPSA) is 78.1 Å². The van der Waals surface area contributed by atoms with Gasteiger partial charge < -0.3 is 17.2 Å². The molecule has 0 unspecified atom stereocenters. The van der Waals surface area contributed by atoms with E-state index in [1.165, 1.54) is 0 Å². The van der Waals surface area contributed by atoms with Crippen LogP contribution < -0.4 is 17.2 Å². The summed E-state index contributed by atoms with van der Waals surface area (Å²) in [7, 11) is 0. The molecule has 0 aliphatic heterocycles. The summed E-state index contributed by atoms with van der Waals surface area (Å²) in [6.45, 7) is 0. The van der Waals surface area contributed by atoms with E-state index in [-0.39, 0.29) is 0 Å². The van der Waals surface area contributed by atoms with E-state index in [0.717, 1.165) is 21.9 Å². The summed E-state index contributed by atoms with van der Waals surface area (Å²) in [5.41, 5.74) is 22.2. The minimum Gasteiger partial charge on any atom is -0.398 e. The van der Waals surface area contributed by atoms with Crippen LogP contribution in [-0.2, 0) is 0 Å². The van der Waals surface area contributed by atoms with E-state index in [0.29, 0.717) is 17.1 Å². The number of hydrogen-bond acceptors (Lipinski definition) is 3. The highest BCUT2D eigenvalue weighted by molar-refractivity contribution is 6.13. The van der Waals surface area contributed by atoms with Crippen LogP contribution in [0.25, 0.3) is 21.9 Å². The lowest BCUT2D eigenvalue weighted by Crippen LogP contribution is -2.03. The van der Waals surface area contributed by atoms with Crippen LogP contribution >= 0.6 is 0 Å². The highest BCUT2D eigenvalue weighted by Gasteiger charge is 2.14. The van der Waals surface area contributed by atoms with Crippen molar-refractivity contribution in [3.63, 3.8) is 0 Å². The van der Waals surface area contributed by atoms with Gasteiger partial charge in [0, 0.05) is 22.0 Å². The first-order valence-electron chi connectivity index (χ1n) is 6.10. The fraction of sp³-hybridized carbons (Fsp3) is 0. The van der Waals surface area contributed by atoms with Crippen LogP contribution in [0.3, 0.4) is 0 Å². The van der Waals surface area contributed by atoms with Crippen LogP contribution in [0.2, 0.25) is 0 Å². The van der Waals surface area contributed by atoms with Crippen molar-refractivity contribution < 1.29 is 0 Å². The summed E-state index contributed by atoms with van der Waals surface area (Å²) in [5.74, 6) is 0. The van der Waals surface area contributed by atoms with E-state index in [2.05, 4.69) is 0 Å². The number of fused-ring (bicyclic) bond motifs is 1. The zero-order valence-corrected chi connectivity index (χ0v) is 10.4. The normalized spacial score (nSPS) is 10.7. The van der Waals surface area contributed by atoms with E-state index in [9.17, 15) is 0 Å². The van der Waals surface area contributed by atoms with E-state index in [1.54, 1.807) is 0 Å². The van der Waals surface area contributed by atoms with Crippen molar-refractivity contribution in [3.05, 3.63) is 54.6 Å². The standard InChI is InChI=1S/C16H15N3/c17-14-11-8-4-5-9-12(11)15(18)16(19)13(14)10-6-2-1-3-7-10/h1-9H,17-19H2. The Hall–Kier alpha value is -2.68. The molecule has 0 aromatic heterocycles. The predicted octanol–water partition coefficient (Wildman–Crippen LogP) is 3.25. The number of nitrogen functional groups attached to an aromatic ring is 3. The van der Waals surface area contributed by atoms with Gasteiger partial charge in [-0.25, -0.2) is 0 Å². The third-order valence-corrected chi connectivity index (χ3v) is 3.40. The zero-order chi connectivity index (χ0) is 13.4. The van der Waals surface area contributed by atoms with Crippen LogP contribution in [0, 0.1) is 0 Å². The van der Waals surface area contributed by atoms with Gasteiger partial charge >= 0.3 is 0 Å². The molecule has 0 spiro atoms. The molecule has 0 radical (unpaired) electrons. The molecule has 94 valence electrons. The highest BCUT2D eigenvalue weighted by Crippen LogP contribution is 2.42. The first-order chi connectivity index (χ1) is 9.20.